The van der Waals surface area contributed by atoms with Gasteiger partial charge in [0.2, 0.25) is 0 Å². The smallest absolute Gasteiger partial charge is 0.147 e. The molecule has 0 aliphatic rings. The Morgan fingerprint density at radius 1 is 1.22 bits per heavy atom. The molecule has 2 aromatic carbocycles. The zero-order chi connectivity index (χ0) is 13.1. The van der Waals surface area contributed by atoms with E-state index in [1.807, 2.05) is 6.07 Å². The minimum absolute atomic E-state index is 0.287. The lowest BCUT2D eigenvalue weighted by atomic mass is 10.2. The summed E-state index contributed by atoms with van der Waals surface area (Å²) in [6.45, 7) is 0. The van der Waals surface area contributed by atoms with E-state index in [1.54, 1.807) is 24.3 Å². The van der Waals surface area contributed by atoms with Gasteiger partial charge in [-0.15, -0.1) is 0 Å². The van der Waals surface area contributed by atoms with Crippen LogP contribution in [0.25, 0.3) is 0 Å². The summed E-state index contributed by atoms with van der Waals surface area (Å²) < 4.78 is 14.4. The van der Waals surface area contributed by atoms with Crippen molar-refractivity contribution in [2.24, 2.45) is 0 Å². The predicted octanol–water partition coefficient (Wildman–Crippen LogP) is 4.86. The summed E-state index contributed by atoms with van der Waals surface area (Å²) in [5.74, 6) is -0.472. The first-order valence-electron chi connectivity index (χ1n) is 5.02. The molecule has 1 N–H and O–H groups in total. The van der Waals surface area contributed by atoms with Crippen molar-refractivity contribution in [3.63, 3.8) is 0 Å². The summed E-state index contributed by atoms with van der Waals surface area (Å²) in [6.07, 6.45) is 0. The Morgan fingerprint density at radius 3 is 2.61 bits per heavy atom. The Hall–Kier alpha value is -1.57. The maximum Gasteiger partial charge on any atom is 0.147 e. The molecule has 0 aliphatic carbocycles. The van der Waals surface area contributed by atoms with Crippen molar-refractivity contribution in [2.75, 3.05) is 5.32 Å². The van der Waals surface area contributed by atoms with Gasteiger partial charge in [0.25, 0.3) is 0 Å². The summed E-state index contributed by atoms with van der Waals surface area (Å²) in [4.78, 5) is 0. The van der Waals surface area contributed by atoms with E-state index in [0.29, 0.717) is 16.4 Å². The normalized spacial score (nSPS) is 9.89. The zero-order valence-electron chi connectivity index (χ0n) is 9.05. The van der Waals surface area contributed by atoms with Gasteiger partial charge in [0.05, 0.1) is 22.3 Å². The van der Waals surface area contributed by atoms with Crippen LogP contribution >= 0.6 is 27.5 Å². The van der Waals surface area contributed by atoms with E-state index in [9.17, 15) is 4.39 Å². The predicted molar refractivity (Wildman–Crippen MR) is 73.5 cm³/mol. The Labute approximate surface area is 117 Å². The van der Waals surface area contributed by atoms with Crippen LogP contribution in [0.4, 0.5) is 15.8 Å². The first-order chi connectivity index (χ1) is 8.60. The van der Waals surface area contributed by atoms with Crippen molar-refractivity contribution in [3.8, 4) is 6.07 Å². The summed E-state index contributed by atoms with van der Waals surface area (Å²) in [5.41, 5.74) is 1.30. The molecule has 0 aromatic heterocycles. The van der Waals surface area contributed by atoms with Crippen LogP contribution in [0.2, 0.25) is 5.02 Å². The van der Waals surface area contributed by atoms with Gasteiger partial charge in [0.15, 0.2) is 0 Å². The fourth-order valence-electron chi connectivity index (χ4n) is 1.42. The van der Waals surface area contributed by atoms with Crippen LogP contribution in [0, 0.1) is 17.1 Å². The SMILES string of the molecule is N#Cc1ccc(Nc2ccc(Cl)c(Br)c2)c(F)c1. The quantitative estimate of drug-likeness (QED) is 0.856. The summed E-state index contributed by atoms with van der Waals surface area (Å²) >= 11 is 9.16. The lowest BCUT2D eigenvalue weighted by molar-refractivity contribution is 0.631. The van der Waals surface area contributed by atoms with Gasteiger partial charge in [-0.1, -0.05) is 11.6 Å². The molecule has 5 heteroatoms. The molecular weight excluding hydrogens is 319 g/mol. The molecule has 0 amide bonds. The molecular formula is C13H7BrClFN2. The molecule has 0 bridgehead atoms. The van der Waals surface area contributed by atoms with Gasteiger partial charge in [0, 0.05) is 10.2 Å². The first kappa shape index (κ1) is 12.9. The highest BCUT2D eigenvalue weighted by atomic mass is 79.9. The van der Waals surface area contributed by atoms with E-state index in [0.717, 1.165) is 4.47 Å². The van der Waals surface area contributed by atoms with Gasteiger partial charge < -0.3 is 5.32 Å². The molecule has 0 radical (unpaired) electrons. The Balaban J connectivity index is 2.29. The van der Waals surface area contributed by atoms with Crippen molar-refractivity contribution in [1.29, 1.82) is 5.26 Å². The van der Waals surface area contributed by atoms with Gasteiger partial charge in [-0.2, -0.15) is 5.26 Å². The van der Waals surface area contributed by atoms with Crippen LogP contribution in [0.3, 0.4) is 0 Å². The van der Waals surface area contributed by atoms with Gasteiger partial charge in [-0.05, 0) is 52.3 Å². The van der Waals surface area contributed by atoms with Crippen molar-refractivity contribution >= 4 is 38.9 Å². The zero-order valence-corrected chi connectivity index (χ0v) is 11.4. The van der Waals surface area contributed by atoms with Crippen LogP contribution in [-0.2, 0) is 0 Å². The van der Waals surface area contributed by atoms with Gasteiger partial charge in [-0.25, -0.2) is 4.39 Å². The lowest BCUT2D eigenvalue weighted by Crippen LogP contribution is -1.94. The van der Waals surface area contributed by atoms with E-state index < -0.39 is 5.82 Å². The van der Waals surface area contributed by atoms with Crippen LogP contribution in [-0.4, -0.2) is 0 Å². The third-order valence-corrected chi connectivity index (χ3v) is 3.51. The van der Waals surface area contributed by atoms with Crippen molar-refractivity contribution in [1.82, 2.24) is 0 Å². The Kier molecular flexibility index (Phi) is 3.85. The van der Waals surface area contributed by atoms with Gasteiger partial charge in [-0.3, -0.25) is 0 Å². The maximum absolute atomic E-state index is 13.7. The molecule has 2 aromatic rings. The molecule has 18 heavy (non-hydrogen) atoms. The van der Waals surface area contributed by atoms with Gasteiger partial charge in [0.1, 0.15) is 5.82 Å². The number of nitrogens with one attached hydrogen (secondary N) is 1. The molecule has 0 saturated heterocycles. The monoisotopic (exact) mass is 324 g/mol. The Morgan fingerprint density at radius 2 is 2.00 bits per heavy atom. The average Bonchev–Trinajstić information content (AvgIpc) is 2.36. The third-order valence-electron chi connectivity index (χ3n) is 2.30. The largest absolute Gasteiger partial charge is 0.353 e. The van der Waals surface area contributed by atoms with E-state index in [-0.39, 0.29) is 5.56 Å². The van der Waals surface area contributed by atoms with Crippen molar-refractivity contribution in [2.45, 2.75) is 0 Å². The number of hydrogen-bond acceptors (Lipinski definition) is 2. The number of rotatable bonds is 2. The standard InChI is InChI=1S/C13H7BrClFN2/c14-10-6-9(2-3-11(10)15)18-13-4-1-8(7-17)5-12(13)16/h1-6,18H. The second-order valence-corrected chi connectivity index (χ2v) is 4.82. The first-order valence-corrected chi connectivity index (χ1v) is 6.19. The molecule has 0 aliphatic heterocycles. The van der Waals surface area contributed by atoms with Crippen molar-refractivity contribution in [3.05, 3.63) is 57.3 Å². The summed E-state index contributed by atoms with van der Waals surface area (Å²) in [5, 5.41) is 12.2. The minimum atomic E-state index is -0.472. The van der Waals surface area contributed by atoms with Crippen LogP contribution in [0.15, 0.2) is 40.9 Å². The molecule has 0 saturated carbocycles. The molecule has 90 valence electrons. The van der Waals surface area contributed by atoms with E-state index in [2.05, 4.69) is 21.2 Å². The number of nitrogens with zero attached hydrogens (tertiary/aromatic N) is 1. The lowest BCUT2D eigenvalue weighted by Gasteiger charge is -2.08. The van der Waals surface area contributed by atoms with Crippen LogP contribution < -0.4 is 5.32 Å². The third kappa shape index (κ3) is 2.81. The molecule has 2 rings (SSSR count). The number of halogens is 3. The fourth-order valence-corrected chi connectivity index (χ4v) is 1.91. The summed E-state index contributed by atoms with van der Waals surface area (Å²) in [7, 11) is 0. The van der Waals surface area contributed by atoms with Crippen LogP contribution in [0.1, 0.15) is 5.56 Å². The molecule has 0 fully saturated rings. The second-order valence-electron chi connectivity index (χ2n) is 3.56. The number of nitriles is 1. The number of hydrogen-bond donors (Lipinski definition) is 1. The fraction of sp³-hybridized carbons (Fsp3) is 0. The molecule has 2 nitrogen and oxygen atoms in total. The second kappa shape index (κ2) is 5.38. The number of benzene rings is 2. The number of anilines is 2. The maximum atomic E-state index is 13.7. The minimum Gasteiger partial charge on any atom is -0.353 e. The van der Waals surface area contributed by atoms with Gasteiger partial charge >= 0.3 is 0 Å². The molecule has 0 spiro atoms. The molecule has 0 unspecified atom stereocenters. The Bertz CT molecular complexity index is 637. The van der Waals surface area contributed by atoms with E-state index in [1.165, 1.54) is 12.1 Å². The molecule has 0 atom stereocenters. The highest BCUT2D eigenvalue weighted by Gasteiger charge is 2.05. The average molecular weight is 326 g/mol. The topological polar surface area (TPSA) is 35.8 Å². The van der Waals surface area contributed by atoms with Crippen molar-refractivity contribution < 1.29 is 4.39 Å². The van der Waals surface area contributed by atoms with E-state index >= 15 is 0 Å². The summed E-state index contributed by atoms with van der Waals surface area (Å²) in [6, 6.07) is 11.3. The molecule has 0 heterocycles. The highest BCUT2D eigenvalue weighted by Crippen LogP contribution is 2.28. The highest BCUT2D eigenvalue weighted by molar-refractivity contribution is 9.10. The van der Waals surface area contributed by atoms with E-state index in [4.69, 9.17) is 16.9 Å². The van der Waals surface area contributed by atoms with Crippen LogP contribution in [0.5, 0.6) is 0 Å².